The van der Waals surface area contributed by atoms with Gasteiger partial charge in [-0.3, -0.25) is 0 Å². The number of aliphatic hydroxyl groups is 2. The Morgan fingerprint density at radius 3 is 2.18 bits per heavy atom. The average Bonchev–Trinajstić information content (AvgIpc) is 1.99. The predicted octanol–water partition coefficient (Wildman–Crippen LogP) is 1.33. The maximum atomic E-state index is 9.24. The third-order valence-electron chi connectivity index (χ3n) is 2.03. The molecule has 2 nitrogen and oxygen atoms in total. The molecule has 0 heterocycles. The first-order chi connectivity index (χ1) is 5.17. The van der Waals surface area contributed by atoms with Crippen LogP contribution in [-0.2, 0) is 0 Å². The predicted molar refractivity (Wildman–Crippen MR) is 46.3 cm³/mol. The summed E-state index contributed by atoms with van der Waals surface area (Å²) in [7, 11) is 0. The van der Waals surface area contributed by atoms with E-state index in [2.05, 4.69) is 0 Å². The lowest BCUT2D eigenvalue weighted by Crippen LogP contribution is -2.22. The fourth-order valence-electron chi connectivity index (χ4n) is 1.26. The highest BCUT2D eigenvalue weighted by atomic mass is 16.3. The second kappa shape index (κ2) is 5.33. The quantitative estimate of drug-likeness (QED) is 0.606. The first-order valence-electron chi connectivity index (χ1n) is 4.11. The Morgan fingerprint density at radius 1 is 1.55 bits per heavy atom. The van der Waals surface area contributed by atoms with Gasteiger partial charge in [-0.05, 0) is 20.3 Å². The molecule has 0 aliphatic carbocycles. The average molecular weight is 158 g/mol. The Hall–Kier alpha value is -0.340. The molecule has 0 spiro atoms. The van der Waals surface area contributed by atoms with Crippen molar-refractivity contribution in [1.29, 1.82) is 0 Å². The molecule has 2 heteroatoms. The van der Waals surface area contributed by atoms with Crippen LogP contribution in [0.4, 0.5) is 0 Å². The molecular weight excluding hydrogens is 140 g/mol. The summed E-state index contributed by atoms with van der Waals surface area (Å²) in [4.78, 5) is 0. The maximum Gasteiger partial charge on any atom is 0.0599 e. The Balaban J connectivity index is 4.22. The van der Waals surface area contributed by atoms with Gasteiger partial charge in [0.2, 0.25) is 0 Å². The standard InChI is InChI=1S/C9H18O2/c1-4-8(5-2)9(6-10)7(3)11/h4,7,9-11H,5-6H2,1-3H3. The van der Waals surface area contributed by atoms with Crippen LogP contribution in [0.15, 0.2) is 11.6 Å². The first kappa shape index (κ1) is 10.7. The molecule has 0 fully saturated rings. The minimum absolute atomic E-state index is 0.0329. The summed E-state index contributed by atoms with van der Waals surface area (Å²) in [5.74, 6) is -0.0787. The van der Waals surface area contributed by atoms with E-state index in [4.69, 9.17) is 5.11 Å². The normalized spacial score (nSPS) is 18.1. The number of aliphatic hydroxyl groups excluding tert-OH is 2. The van der Waals surface area contributed by atoms with Crippen LogP contribution >= 0.6 is 0 Å². The molecular formula is C9H18O2. The van der Waals surface area contributed by atoms with Gasteiger partial charge >= 0.3 is 0 Å². The molecule has 0 amide bonds. The zero-order valence-corrected chi connectivity index (χ0v) is 7.54. The van der Waals surface area contributed by atoms with E-state index >= 15 is 0 Å². The minimum Gasteiger partial charge on any atom is -0.396 e. The van der Waals surface area contributed by atoms with Crippen LogP contribution in [0, 0.1) is 5.92 Å². The van der Waals surface area contributed by atoms with E-state index in [1.165, 1.54) is 0 Å². The van der Waals surface area contributed by atoms with Crippen molar-refractivity contribution in [2.75, 3.05) is 6.61 Å². The minimum atomic E-state index is -0.453. The van der Waals surface area contributed by atoms with E-state index in [-0.39, 0.29) is 12.5 Å². The van der Waals surface area contributed by atoms with Gasteiger partial charge in [-0.1, -0.05) is 18.6 Å². The number of hydrogen-bond donors (Lipinski definition) is 2. The van der Waals surface area contributed by atoms with E-state index in [0.717, 1.165) is 12.0 Å². The molecule has 0 saturated carbocycles. The van der Waals surface area contributed by atoms with Crippen molar-refractivity contribution in [3.63, 3.8) is 0 Å². The molecule has 0 aliphatic heterocycles. The fourth-order valence-corrected chi connectivity index (χ4v) is 1.26. The van der Waals surface area contributed by atoms with Crippen molar-refractivity contribution >= 4 is 0 Å². The highest BCUT2D eigenvalue weighted by Crippen LogP contribution is 2.17. The molecule has 0 aromatic carbocycles. The lowest BCUT2D eigenvalue weighted by molar-refractivity contribution is 0.0987. The molecule has 66 valence electrons. The lowest BCUT2D eigenvalue weighted by atomic mass is 9.93. The molecule has 0 aromatic rings. The van der Waals surface area contributed by atoms with Crippen molar-refractivity contribution in [2.24, 2.45) is 5.92 Å². The molecule has 0 bridgehead atoms. The summed E-state index contributed by atoms with van der Waals surface area (Å²) in [5, 5.41) is 18.2. The molecule has 0 aliphatic rings. The van der Waals surface area contributed by atoms with Gasteiger partial charge in [-0.25, -0.2) is 0 Å². The number of hydrogen-bond acceptors (Lipinski definition) is 2. The summed E-state index contributed by atoms with van der Waals surface area (Å²) in [6.45, 7) is 5.70. The monoisotopic (exact) mass is 158 g/mol. The Kier molecular flexibility index (Phi) is 5.16. The Morgan fingerprint density at radius 2 is 2.09 bits per heavy atom. The van der Waals surface area contributed by atoms with Crippen LogP contribution in [0.5, 0.6) is 0 Å². The highest BCUT2D eigenvalue weighted by molar-refractivity contribution is 5.06. The van der Waals surface area contributed by atoms with Crippen molar-refractivity contribution in [2.45, 2.75) is 33.3 Å². The van der Waals surface area contributed by atoms with Crippen LogP contribution < -0.4 is 0 Å². The second-order valence-electron chi connectivity index (χ2n) is 2.75. The first-order valence-corrected chi connectivity index (χ1v) is 4.11. The largest absolute Gasteiger partial charge is 0.396 e. The summed E-state index contributed by atoms with van der Waals surface area (Å²) in [6.07, 6.45) is 2.41. The molecule has 0 rings (SSSR count). The van der Waals surface area contributed by atoms with E-state index in [9.17, 15) is 5.11 Å². The molecule has 2 unspecified atom stereocenters. The molecule has 2 atom stereocenters. The second-order valence-corrected chi connectivity index (χ2v) is 2.75. The molecule has 11 heavy (non-hydrogen) atoms. The maximum absolute atomic E-state index is 9.24. The van der Waals surface area contributed by atoms with Gasteiger partial charge in [-0.2, -0.15) is 0 Å². The van der Waals surface area contributed by atoms with Crippen LogP contribution in [0.2, 0.25) is 0 Å². The van der Waals surface area contributed by atoms with E-state index in [1.54, 1.807) is 6.92 Å². The topological polar surface area (TPSA) is 40.5 Å². The zero-order valence-electron chi connectivity index (χ0n) is 7.54. The van der Waals surface area contributed by atoms with Crippen LogP contribution in [0.3, 0.4) is 0 Å². The van der Waals surface area contributed by atoms with E-state index in [0.29, 0.717) is 0 Å². The van der Waals surface area contributed by atoms with Crippen molar-refractivity contribution < 1.29 is 10.2 Å². The van der Waals surface area contributed by atoms with Gasteiger partial charge in [0.25, 0.3) is 0 Å². The smallest absolute Gasteiger partial charge is 0.0599 e. The van der Waals surface area contributed by atoms with Gasteiger partial charge < -0.3 is 10.2 Å². The third kappa shape index (κ3) is 3.04. The summed E-state index contributed by atoms with van der Waals surface area (Å²) in [6, 6.07) is 0. The van der Waals surface area contributed by atoms with Gasteiger partial charge in [0.1, 0.15) is 0 Å². The summed E-state index contributed by atoms with van der Waals surface area (Å²) in [5.41, 5.74) is 1.13. The number of allylic oxidation sites excluding steroid dienone is 1. The van der Waals surface area contributed by atoms with Crippen LogP contribution in [-0.4, -0.2) is 22.9 Å². The van der Waals surface area contributed by atoms with Crippen LogP contribution in [0.25, 0.3) is 0 Å². The van der Waals surface area contributed by atoms with Gasteiger partial charge in [0.15, 0.2) is 0 Å². The van der Waals surface area contributed by atoms with Crippen molar-refractivity contribution in [3.05, 3.63) is 11.6 Å². The highest BCUT2D eigenvalue weighted by Gasteiger charge is 2.16. The van der Waals surface area contributed by atoms with Gasteiger partial charge in [0.05, 0.1) is 12.7 Å². The van der Waals surface area contributed by atoms with Gasteiger partial charge in [-0.15, -0.1) is 0 Å². The molecule has 2 N–H and O–H groups in total. The molecule has 0 saturated heterocycles. The fraction of sp³-hybridized carbons (Fsp3) is 0.778. The van der Waals surface area contributed by atoms with Crippen molar-refractivity contribution in [1.82, 2.24) is 0 Å². The zero-order chi connectivity index (χ0) is 8.85. The summed E-state index contributed by atoms with van der Waals surface area (Å²) >= 11 is 0. The molecule has 0 aromatic heterocycles. The van der Waals surface area contributed by atoms with E-state index < -0.39 is 6.10 Å². The summed E-state index contributed by atoms with van der Waals surface area (Å²) < 4.78 is 0. The SMILES string of the molecule is CC=C(CC)C(CO)C(C)O. The molecule has 0 radical (unpaired) electrons. The van der Waals surface area contributed by atoms with E-state index in [1.807, 2.05) is 19.9 Å². The Labute approximate surface area is 68.6 Å². The Bertz CT molecular complexity index is 128. The third-order valence-corrected chi connectivity index (χ3v) is 2.03. The lowest BCUT2D eigenvalue weighted by Gasteiger charge is -2.19. The van der Waals surface area contributed by atoms with Crippen LogP contribution in [0.1, 0.15) is 27.2 Å². The van der Waals surface area contributed by atoms with Gasteiger partial charge in [0, 0.05) is 5.92 Å². The number of rotatable bonds is 4. The van der Waals surface area contributed by atoms with Crippen molar-refractivity contribution in [3.8, 4) is 0 Å².